The zero-order valence-corrected chi connectivity index (χ0v) is 18.7. The number of allylic oxidation sites excluding steroid dienone is 2. The number of likely N-dealkylation sites (N-methyl/N-ethyl adjacent to an activating group) is 1. The third-order valence-corrected chi connectivity index (χ3v) is 5.60. The molecule has 7 nitrogen and oxygen atoms in total. The minimum Gasteiger partial charge on any atom is -0.378 e. The molecule has 0 radical (unpaired) electrons. The third kappa shape index (κ3) is 7.51. The van der Waals surface area contributed by atoms with Gasteiger partial charge in [-0.1, -0.05) is 30.4 Å². The maximum Gasteiger partial charge on any atom is 0.229 e. The van der Waals surface area contributed by atoms with Crippen LogP contribution < -0.4 is 10.6 Å². The Labute approximate surface area is 190 Å². The van der Waals surface area contributed by atoms with E-state index in [-0.39, 0.29) is 17.7 Å². The van der Waals surface area contributed by atoms with Crippen LogP contribution in [-0.4, -0.2) is 58.4 Å². The molecule has 1 heterocycles. The summed E-state index contributed by atoms with van der Waals surface area (Å²) in [7, 11) is 1.90. The van der Waals surface area contributed by atoms with Gasteiger partial charge in [0.05, 0.1) is 26.4 Å². The molecule has 0 saturated heterocycles. The summed E-state index contributed by atoms with van der Waals surface area (Å²) < 4.78 is 10.9. The van der Waals surface area contributed by atoms with Gasteiger partial charge in [-0.2, -0.15) is 0 Å². The predicted molar refractivity (Wildman–Crippen MR) is 125 cm³/mol. The van der Waals surface area contributed by atoms with Crippen LogP contribution in [0.4, 0.5) is 0 Å². The molecule has 1 aliphatic heterocycles. The lowest BCUT2D eigenvalue weighted by Gasteiger charge is -2.15. The molecule has 0 bridgehead atoms. The van der Waals surface area contributed by atoms with Gasteiger partial charge in [-0.05, 0) is 49.1 Å². The van der Waals surface area contributed by atoms with Gasteiger partial charge in [0, 0.05) is 31.0 Å². The number of aldehydes is 1. The molecule has 32 heavy (non-hydrogen) atoms. The van der Waals surface area contributed by atoms with Gasteiger partial charge < -0.3 is 24.9 Å². The Bertz CT molecular complexity index is 863. The average Bonchev–Trinajstić information content (AvgIpc) is 3.23. The molecular weight excluding hydrogens is 406 g/mol. The summed E-state index contributed by atoms with van der Waals surface area (Å²) in [5.41, 5.74) is 3.36. The Morgan fingerprint density at radius 2 is 2.03 bits per heavy atom. The Hall–Kier alpha value is -2.61. The van der Waals surface area contributed by atoms with Crippen LogP contribution in [-0.2, 0) is 38.3 Å². The van der Waals surface area contributed by atoms with E-state index in [9.17, 15) is 9.59 Å². The van der Waals surface area contributed by atoms with Crippen molar-refractivity contribution in [2.45, 2.75) is 25.7 Å². The van der Waals surface area contributed by atoms with Crippen LogP contribution in [0, 0.1) is 11.8 Å². The van der Waals surface area contributed by atoms with E-state index in [2.05, 4.69) is 21.7 Å². The van der Waals surface area contributed by atoms with E-state index in [4.69, 9.17) is 9.47 Å². The molecule has 0 saturated carbocycles. The second kappa shape index (κ2) is 13.1. The summed E-state index contributed by atoms with van der Waals surface area (Å²) in [5.74, 6) is 0.732. The molecule has 1 aromatic rings. The van der Waals surface area contributed by atoms with Crippen molar-refractivity contribution in [1.82, 2.24) is 10.6 Å². The highest BCUT2D eigenvalue weighted by atomic mass is 16.5. The van der Waals surface area contributed by atoms with Crippen LogP contribution in [0.15, 0.2) is 47.2 Å². The summed E-state index contributed by atoms with van der Waals surface area (Å²) >= 11 is 0. The maximum atomic E-state index is 12.7. The van der Waals surface area contributed by atoms with Crippen molar-refractivity contribution in [2.24, 2.45) is 16.8 Å². The first-order chi connectivity index (χ1) is 15.7. The van der Waals surface area contributed by atoms with Crippen LogP contribution in [0.2, 0.25) is 0 Å². The topological polar surface area (TPSA) is 89.0 Å². The molecule has 7 heteroatoms. The molecule has 2 N–H and O–H groups in total. The van der Waals surface area contributed by atoms with E-state index in [1.165, 1.54) is 11.1 Å². The number of nitrogens with zero attached hydrogens (tertiary/aromatic N) is 1. The number of hydrogen-bond acceptors (Lipinski definition) is 6. The molecule has 2 unspecified atom stereocenters. The van der Waals surface area contributed by atoms with Crippen molar-refractivity contribution in [3.05, 3.63) is 58.9 Å². The second-order valence-electron chi connectivity index (χ2n) is 8.05. The molecule has 1 amide bonds. The van der Waals surface area contributed by atoms with Crippen molar-refractivity contribution in [3.8, 4) is 0 Å². The monoisotopic (exact) mass is 439 g/mol. The van der Waals surface area contributed by atoms with Crippen LogP contribution >= 0.6 is 0 Å². The van der Waals surface area contributed by atoms with Gasteiger partial charge in [0.2, 0.25) is 5.91 Å². The highest BCUT2D eigenvalue weighted by Crippen LogP contribution is 2.28. The number of carbonyl (C=O) groups is 2. The van der Waals surface area contributed by atoms with Gasteiger partial charge in [-0.15, -0.1) is 0 Å². The Balaban J connectivity index is 1.34. The molecule has 1 aromatic carbocycles. The second-order valence-corrected chi connectivity index (χ2v) is 8.05. The van der Waals surface area contributed by atoms with Crippen LogP contribution in [0.3, 0.4) is 0 Å². The zero-order chi connectivity index (χ0) is 22.6. The lowest BCUT2D eigenvalue weighted by molar-refractivity contribution is -0.124. The van der Waals surface area contributed by atoms with Crippen LogP contribution in [0.25, 0.3) is 0 Å². The van der Waals surface area contributed by atoms with E-state index in [0.717, 1.165) is 31.2 Å². The normalized spacial score (nSPS) is 19.7. The average molecular weight is 440 g/mol. The highest BCUT2D eigenvalue weighted by Gasteiger charge is 2.28. The Morgan fingerprint density at radius 3 is 2.81 bits per heavy atom. The lowest BCUT2D eigenvalue weighted by Crippen LogP contribution is -2.31. The summed E-state index contributed by atoms with van der Waals surface area (Å²) in [5, 5.41) is 5.99. The van der Waals surface area contributed by atoms with E-state index >= 15 is 0 Å². The number of ether oxygens (including phenoxy) is 2. The van der Waals surface area contributed by atoms with Gasteiger partial charge in [0.1, 0.15) is 12.1 Å². The first kappa shape index (κ1) is 24.0. The lowest BCUT2D eigenvalue weighted by atomic mass is 10.0. The molecule has 2 aliphatic rings. The number of amides is 1. The number of fused-ring (bicyclic) bond motifs is 1. The van der Waals surface area contributed by atoms with Crippen molar-refractivity contribution >= 4 is 18.4 Å². The van der Waals surface area contributed by atoms with E-state index in [0.29, 0.717) is 45.1 Å². The first-order valence-electron chi connectivity index (χ1n) is 11.3. The van der Waals surface area contributed by atoms with Crippen LogP contribution in [0.5, 0.6) is 0 Å². The van der Waals surface area contributed by atoms with Crippen LogP contribution in [0.1, 0.15) is 23.1 Å². The summed E-state index contributed by atoms with van der Waals surface area (Å²) in [6, 6.07) is 6.06. The number of nitrogens with one attached hydrogen (secondary N) is 2. The third-order valence-electron chi connectivity index (χ3n) is 5.60. The highest BCUT2D eigenvalue weighted by molar-refractivity contribution is 5.82. The van der Waals surface area contributed by atoms with E-state index in [1.54, 1.807) is 0 Å². The predicted octanol–water partition coefficient (Wildman–Crippen LogP) is 2.00. The molecule has 0 spiro atoms. The zero-order valence-electron chi connectivity index (χ0n) is 18.7. The fourth-order valence-corrected chi connectivity index (χ4v) is 3.83. The first-order valence-corrected chi connectivity index (χ1v) is 11.3. The number of aliphatic imine (C=N–C) groups is 1. The molecule has 3 rings (SSSR count). The maximum absolute atomic E-state index is 12.7. The summed E-state index contributed by atoms with van der Waals surface area (Å²) in [6.45, 7) is 3.25. The summed E-state index contributed by atoms with van der Waals surface area (Å²) in [4.78, 5) is 27.8. The fraction of sp³-hybridized carbons (Fsp3) is 0.480. The molecule has 0 fully saturated rings. The van der Waals surface area contributed by atoms with E-state index in [1.807, 2.05) is 43.6 Å². The number of carbonyl (C=O) groups excluding carboxylic acids is 2. The number of hydrogen-bond donors (Lipinski definition) is 2. The van der Waals surface area contributed by atoms with E-state index < -0.39 is 0 Å². The molecule has 2 atom stereocenters. The standard InChI is InChI=1S/C25H33N3O4/c1-26-9-12-32-14-13-31-11-2-3-20-5-7-24(27-18-20)28-25(30)23-16-21-6-4-19(8-10-29)15-22(21)17-23/h2-4,6-7,10,15,18,20,23,26H,5,8-9,11-14,16-17H2,1H3,(H,28,30)/b3-2+. The van der Waals surface area contributed by atoms with Crippen molar-refractivity contribution < 1.29 is 19.1 Å². The molecule has 1 aliphatic carbocycles. The number of benzene rings is 1. The van der Waals surface area contributed by atoms with Gasteiger partial charge in [0.15, 0.2) is 0 Å². The Morgan fingerprint density at radius 1 is 1.19 bits per heavy atom. The minimum atomic E-state index is -0.0930. The molecule has 0 aromatic heterocycles. The van der Waals surface area contributed by atoms with Gasteiger partial charge in [0.25, 0.3) is 0 Å². The van der Waals surface area contributed by atoms with Crippen molar-refractivity contribution in [3.63, 3.8) is 0 Å². The summed E-state index contributed by atoms with van der Waals surface area (Å²) in [6.07, 6.45) is 11.5. The molecule has 172 valence electrons. The smallest absolute Gasteiger partial charge is 0.229 e. The largest absolute Gasteiger partial charge is 0.378 e. The van der Waals surface area contributed by atoms with Crippen molar-refractivity contribution in [1.29, 1.82) is 0 Å². The minimum absolute atomic E-state index is 0.000802. The fourth-order valence-electron chi connectivity index (χ4n) is 3.83. The van der Waals surface area contributed by atoms with Gasteiger partial charge in [-0.25, -0.2) is 4.99 Å². The van der Waals surface area contributed by atoms with Crippen molar-refractivity contribution in [2.75, 3.05) is 40.0 Å². The SMILES string of the molecule is CNCCOCCOC/C=C/C1C=NC(NC(=O)C2Cc3ccc(CC=O)cc3C2)=CC1. The number of rotatable bonds is 13. The Kier molecular flexibility index (Phi) is 9.81. The quantitative estimate of drug-likeness (QED) is 0.279. The van der Waals surface area contributed by atoms with Gasteiger partial charge >= 0.3 is 0 Å². The van der Waals surface area contributed by atoms with Gasteiger partial charge in [-0.3, -0.25) is 4.79 Å². The molecular formula is C25H33N3O4.